The second-order valence-corrected chi connectivity index (χ2v) is 8.58. The number of imide groups is 1. The van der Waals surface area contributed by atoms with Crippen LogP contribution in [0.1, 0.15) is 63.3 Å². The molecule has 158 valence electrons. The van der Waals surface area contributed by atoms with Gasteiger partial charge in [-0.15, -0.1) is 0 Å². The summed E-state index contributed by atoms with van der Waals surface area (Å²) in [7, 11) is -3.94. The maximum atomic E-state index is 12.7. The summed E-state index contributed by atoms with van der Waals surface area (Å²) in [6.07, 6.45) is 2.02. The van der Waals surface area contributed by atoms with Gasteiger partial charge in [0, 0.05) is 17.8 Å². The molecule has 0 spiro atoms. The van der Waals surface area contributed by atoms with Crippen molar-refractivity contribution in [3.8, 4) is 0 Å². The fraction of sp³-hybridized carbons (Fsp3) is 0.286. The fourth-order valence-corrected chi connectivity index (χ4v) is 4.21. The molecule has 8 nitrogen and oxygen atoms in total. The van der Waals surface area contributed by atoms with Crippen LogP contribution in [0.5, 0.6) is 0 Å². The summed E-state index contributed by atoms with van der Waals surface area (Å²) in [5, 5.41) is 7.88. The molecule has 0 unspecified atom stereocenters. The molecule has 0 atom stereocenters. The van der Waals surface area contributed by atoms with Gasteiger partial charge in [0.2, 0.25) is 10.0 Å². The van der Waals surface area contributed by atoms with Crippen LogP contribution in [-0.4, -0.2) is 37.6 Å². The number of sulfonamides is 1. The summed E-state index contributed by atoms with van der Waals surface area (Å²) in [5.41, 5.74) is 1.45. The number of fused-ring (bicyclic) bond motifs is 1. The van der Waals surface area contributed by atoms with Gasteiger partial charge in [-0.05, 0) is 48.7 Å². The predicted molar refractivity (Wildman–Crippen MR) is 112 cm³/mol. The minimum Gasteiger partial charge on any atom is -0.322 e. The van der Waals surface area contributed by atoms with Crippen LogP contribution in [0.2, 0.25) is 0 Å². The van der Waals surface area contributed by atoms with Crippen molar-refractivity contribution in [2.75, 3.05) is 11.9 Å². The van der Waals surface area contributed by atoms with Crippen LogP contribution in [0.15, 0.2) is 41.3 Å². The lowest BCUT2D eigenvalue weighted by Crippen LogP contribution is -2.30. The minimum atomic E-state index is -3.94. The lowest BCUT2D eigenvalue weighted by molar-refractivity contribution is 0.0652. The molecule has 3 N–H and O–H groups in total. The molecule has 1 aliphatic rings. The summed E-state index contributed by atoms with van der Waals surface area (Å²) in [6.45, 7) is 4.11. The summed E-state index contributed by atoms with van der Waals surface area (Å²) in [6, 6.07) is 8.79. The van der Waals surface area contributed by atoms with Gasteiger partial charge >= 0.3 is 0 Å². The molecule has 3 amide bonds. The molecule has 9 heteroatoms. The van der Waals surface area contributed by atoms with E-state index in [4.69, 9.17) is 5.14 Å². The smallest absolute Gasteiger partial charge is 0.261 e. The molecule has 0 saturated heterocycles. The number of nitrogens with zero attached hydrogens (tertiary/aromatic N) is 1. The second kappa shape index (κ2) is 8.37. The summed E-state index contributed by atoms with van der Waals surface area (Å²) >= 11 is 0. The Labute approximate surface area is 175 Å². The Balaban J connectivity index is 1.86. The van der Waals surface area contributed by atoms with Crippen molar-refractivity contribution in [1.29, 1.82) is 0 Å². The lowest BCUT2D eigenvalue weighted by Gasteiger charge is -2.12. The molecular weight excluding hydrogens is 406 g/mol. The number of aryl methyl sites for hydroxylation is 1. The average molecular weight is 429 g/mol. The maximum Gasteiger partial charge on any atom is 0.261 e. The Hall–Kier alpha value is -3.04. The third-order valence-electron chi connectivity index (χ3n) is 4.98. The largest absolute Gasteiger partial charge is 0.322 e. The van der Waals surface area contributed by atoms with Crippen LogP contribution in [0.4, 0.5) is 5.69 Å². The summed E-state index contributed by atoms with van der Waals surface area (Å²) in [5.74, 6) is -1.31. The van der Waals surface area contributed by atoms with Gasteiger partial charge < -0.3 is 5.32 Å². The quantitative estimate of drug-likeness (QED) is 0.654. The molecule has 0 fully saturated rings. The Morgan fingerprint density at radius 1 is 1.03 bits per heavy atom. The van der Waals surface area contributed by atoms with Gasteiger partial charge in [-0.1, -0.05) is 26.3 Å². The number of hydrogen-bond acceptors (Lipinski definition) is 5. The van der Waals surface area contributed by atoms with Crippen molar-refractivity contribution in [3.05, 3.63) is 58.7 Å². The van der Waals surface area contributed by atoms with Crippen molar-refractivity contribution >= 4 is 33.4 Å². The number of primary sulfonamides is 1. The van der Waals surface area contributed by atoms with E-state index in [2.05, 4.69) is 5.32 Å². The Morgan fingerprint density at radius 3 is 2.37 bits per heavy atom. The predicted octanol–water partition coefficient (Wildman–Crippen LogP) is 2.54. The zero-order valence-electron chi connectivity index (χ0n) is 16.8. The van der Waals surface area contributed by atoms with Crippen LogP contribution in [0.3, 0.4) is 0 Å². The van der Waals surface area contributed by atoms with Crippen LogP contribution in [0.25, 0.3) is 0 Å². The second-order valence-electron chi connectivity index (χ2n) is 7.05. The van der Waals surface area contributed by atoms with Crippen molar-refractivity contribution in [3.63, 3.8) is 0 Å². The van der Waals surface area contributed by atoms with Crippen molar-refractivity contribution in [1.82, 2.24) is 4.90 Å². The summed E-state index contributed by atoms with van der Waals surface area (Å²) in [4.78, 5) is 38.8. The van der Waals surface area contributed by atoms with Gasteiger partial charge in [-0.3, -0.25) is 19.3 Å². The van der Waals surface area contributed by atoms with Crippen LogP contribution < -0.4 is 10.5 Å². The Bertz CT molecular complexity index is 1140. The summed E-state index contributed by atoms with van der Waals surface area (Å²) < 4.78 is 23.6. The zero-order valence-corrected chi connectivity index (χ0v) is 17.6. The SMILES string of the molecule is CCCCN1C(=O)c2ccc(C(=O)Nc3ccc(CC)c(S(N)(=O)=O)c3)cc2C1=O. The number of carbonyl (C=O) groups is 3. The normalized spacial score (nSPS) is 13.5. The molecule has 1 heterocycles. The van der Waals surface area contributed by atoms with Crippen molar-refractivity contribution < 1.29 is 22.8 Å². The number of nitrogens with two attached hydrogens (primary N) is 1. The number of anilines is 1. The molecule has 3 rings (SSSR count). The number of nitrogens with one attached hydrogen (secondary N) is 1. The maximum absolute atomic E-state index is 12.7. The molecule has 30 heavy (non-hydrogen) atoms. The first kappa shape index (κ1) is 21.7. The third kappa shape index (κ3) is 4.12. The number of amides is 3. The highest BCUT2D eigenvalue weighted by Gasteiger charge is 2.35. The van der Waals surface area contributed by atoms with Gasteiger partial charge in [-0.25, -0.2) is 13.6 Å². The number of benzene rings is 2. The lowest BCUT2D eigenvalue weighted by atomic mass is 10.1. The highest BCUT2D eigenvalue weighted by Crippen LogP contribution is 2.25. The van der Waals surface area contributed by atoms with E-state index in [1.165, 1.54) is 29.2 Å². The van der Waals surface area contributed by atoms with Crippen molar-refractivity contribution in [2.24, 2.45) is 5.14 Å². The van der Waals surface area contributed by atoms with E-state index >= 15 is 0 Å². The number of hydrogen-bond donors (Lipinski definition) is 2. The van der Waals surface area contributed by atoms with E-state index in [0.29, 0.717) is 24.9 Å². The standard InChI is InChI=1S/C21H23N3O5S/c1-3-5-10-24-20(26)16-9-7-14(11-17(16)21(24)27)19(25)23-15-8-6-13(4-2)18(12-15)30(22,28)29/h6-9,11-12H,3-5,10H2,1-2H3,(H,23,25)(H2,22,28,29). The van der Waals surface area contributed by atoms with E-state index in [-0.39, 0.29) is 33.2 Å². The van der Waals surface area contributed by atoms with Gasteiger partial charge in [0.05, 0.1) is 16.0 Å². The highest BCUT2D eigenvalue weighted by molar-refractivity contribution is 7.89. The van der Waals surface area contributed by atoms with E-state index < -0.39 is 21.8 Å². The highest BCUT2D eigenvalue weighted by atomic mass is 32.2. The molecule has 0 saturated carbocycles. The Kier molecular flexibility index (Phi) is 6.04. The van der Waals surface area contributed by atoms with Crippen LogP contribution in [0, 0.1) is 0 Å². The fourth-order valence-electron chi connectivity index (χ4n) is 3.34. The number of rotatable bonds is 7. The molecule has 0 radical (unpaired) electrons. The topological polar surface area (TPSA) is 127 Å². The number of carbonyl (C=O) groups excluding carboxylic acids is 3. The average Bonchev–Trinajstić information content (AvgIpc) is 2.95. The first-order valence-electron chi connectivity index (χ1n) is 9.64. The molecule has 0 bridgehead atoms. The number of unbranched alkanes of at least 4 members (excludes halogenated alkanes) is 1. The Morgan fingerprint density at radius 2 is 1.73 bits per heavy atom. The molecule has 2 aromatic carbocycles. The van der Waals surface area contributed by atoms with Gasteiger partial charge in [0.25, 0.3) is 17.7 Å². The molecule has 0 aromatic heterocycles. The monoisotopic (exact) mass is 429 g/mol. The van der Waals surface area contributed by atoms with E-state index in [1.54, 1.807) is 19.1 Å². The first-order chi connectivity index (χ1) is 14.2. The molecular formula is C21H23N3O5S. The van der Waals surface area contributed by atoms with Crippen LogP contribution in [-0.2, 0) is 16.4 Å². The zero-order chi connectivity index (χ0) is 22.1. The van der Waals surface area contributed by atoms with E-state index in [9.17, 15) is 22.8 Å². The third-order valence-corrected chi connectivity index (χ3v) is 5.97. The van der Waals surface area contributed by atoms with Gasteiger partial charge in [-0.2, -0.15) is 0 Å². The van der Waals surface area contributed by atoms with E-state index in [1.807, 2.05) is 6.92 Å². The molecule has 2 aromatic rings. The first-order valence-corrected chi connectivity index (χ1v) is 11.2. The van der Waals surface area contributed by atoms with Crippen molar-refractivity contribution in [2.45, 2.75) is 38.0 Å². The molecule has 0 aliphatic carbocycles. The van der Waals surface area contributed by atoms with E-state index in [0.717, 1.165) is 6.42 Å². The molecule has 1 aliphatic heterocycles. The van der Waals surface area contributed by atoms with Crippen LogP contribution >= 0.6 is 0 Å². The van der Waals surface area contributed by atoms with Gasteiger partial charge in [0.15, 0.2) is 0 Å². The van der Waals surface area contributed by atoms with Gasteiger partial charge in [0.1, 0.15) is 0 Å². The minimum absolute atomic E-state index is 0.0518.